The third kappa shape index (κ3) is 2.14. The number of rotatable bonds is 3. The number of nitrogens with two attached hydrogens (primary N) is 1. The third-order valence-corrected chi connectivity index (χ3v) is 3.75. The lowest BCUT2D eigenvalue weighted by Crippen LogP contribution is -2.13. The van der Waals surface area contributed by atoms with Gasteiger partial charge in [-0.25, -0.2) is 0 Å². The van der Waals surface area contributed by atoms with Crippen molar-refractivity contribution in [3.63, 3.8) is 0 Å². The van der Waals surface area contributed by atoms with Gasteiger partial charge in [0.1, 0.15) is 0 Å². The molecule has 0 aromatic heterocycles. The van der Waals surface area contributed by atoms with Crippen LogP contribution in [0.1, 0.15) is 54.4 Å². The average molecular weight is 227 g/mol. The van der Waals surface area contributed by atoms with Gasteiger partial charge in [0.05, 0.1) is 0 Å². The molecule has 17 heavy (non-hydrogen) atoms. The van der Waals surface area contributed by atoms with Crippen molar-refractivity contribution in [2.75, 3.05) is 0 Å². The van der Waals surface area contributed by atoms with Crippen molar-refractivity contribution < 1.29 is 0 Å². The van der Waals surface area contributed by atoms with Crippen molar-refractivity contribution in [3.05, 3.63) is 47.5 Å². The van der Waals surface area contributed by atoms with Crippen molar-refractivity contribution in [1.29, 1.82) is 0 Å². The monoisotopic (exact) mass is 227 g/mol. The second-order valence-corrected chi connectivity index (χ2v) is 5.19. The van der Waals surface area contributed by atoms with E-state index in [2.05, 4.69) is 32.2 Å². The molecule has 2 rings (SSSR count). The van der Waals surface area contributed by atoms with Crippen molar-refractivity contribution >= 4 is 11.3 Å². The standard InChI is InChI=1S/C16H21N/c1-10(2)14-9-15(12(4)17)16(8-11(14)3)13-6-5-7-13/h8-9,13H,1,4-7,17H2,2-3H3. The summed E-state index contributed by atoms with van der Waals surface area (Å²) in [4.78, 5) is 0. The molecule has 0 amide bonds. The molecule has 1 saturated carbocycles. The second kappa shape index (κ2) is 4.40. The first-order valence-corrected chi connectivity index (χ1v) is 6.26. The molecule has 0 heterocycles. The Kier molecular flexibility index (Phi) is 3.10. The van der Waals surface area contributed by atoms with Gasteiger partial charge in [-0.15, -0.1) is 0 Å². The fourth-order valence-electron chi connectivity index (χ4n) is 2.53. The van der Waals surface area contributed by atoms with Gasteiger partial charge in [-0.05, 0) is 55.4 Å². The van der Waals surface area contributed by atoms with Gasteiger partial charge in [-0.3, -0.25) is 0 Å². The summed E-state index contributed by atoms with van der Waals surface area (Å²) in [5.74, 6) is 0.683. The molecule has 2 N–H and O–H groups in total. The molecule has 0 atom stereocenters. The van der Waals surface area contributed by atoms with Crippen LogP contribution in [-0.4, -0.2) is 0 Å². The molecule has 90 valence electrons. The zero-order valence-corrected chi connectivity index (χ0v) is 10.8. The van der Waals surface area contributed by atoms with E-state index in [4.69, 9.17) is 5.73 Å². The van der Waals surface area contributed by atoms with E-state index in [-0.39, 0.29) is 0 Å². The largest absolute Gasteiger partial charge is 0.399 e. The van der Waals surface area contributed by atoms with E-state index in [9.17, 15) is 0 Å². The molecule has 1 aromatic rings. The lowest BCUT2D eigenvalue weighted by atomic mass is 9.76. The number of hydrogen-bond acceptors (Lipinski definition) is 1. The molecule has 1 aliphatic carbocycles. The summed E-state index contributed by atoms with van der Waals surface area (Å²) in [5, 5.41) is 0. The minimum atomic E-state index is 0.675. The van der Waals surface area contributed by atoms with Crippen LogP contribution in [0.25, 0.3) is 11.3 Å². The van der Waals surface area contributed by atoms with E-state index in [0.29, 0.717) is 11.6 Å². The van der Waals surface area contributed by atoms with Crippen LogP contribution in [-0.2, 0) is 0 Å². The molecule has 0 unspecified atom stereocenters. The summed E-state index contributed by atoms with van der Waals surface area (Å²) in [6.07, 6.45) is 3.90. The van der Waals surface area contributed by atoms with Crippen LogP contribution in [0, 0.1) is 6.92 Å². The summed E-state index contributed by atoms with van der Waals surface area (Å²) in [5.41, 5.74) is 12.7. The highest BCUT2D eigenvalue weighted by molar-refractivity contribution is 5.73. The molecule has 0 radical (unpaired) electrons. The van der Waals surface area contributed by atoms with Crippen LogP contribution < -0.4 is 5.73 Å². The van der Waals surface area contributed by atoms with Gasteiger partial charge in [-0.2, -0.15) is 0 Å². The smallest absolute Gasteiger partial charge is 0.0317 e. The average Bonchev–Trinajstić information content (AvgIpc) is 2.13. The van der Waals surface area contributed by atoms with Gasteiger partial charge in [0.15, 0.2) is 0 Å². The van der Waals surface area contributed by atoms with E-state index in [1.165, 1.54) is 36.0 Å². The van der Waals surface area contributed by atoms with Gasteiger partial charge in [0.25, 0.3) is 0 Å². The third-order valence-electron chi connectivity index (χ3n) is 3.75. The SMILES string of the molecule is C=C(C)c1cc(C(=C)N)c(C2CCC2)cc1C. The van der Waals surface area contributed by atoms with Crippen LogP contribution in [0.4, 0.5) is 0 Å². The summed E-state index contributed by atoms with van der Waals surface area (Å²) in [6.45, 7) is 12.1. The maximum Gasteiger partial charge on any atom is 0.0317 e. The quantitative estimate of drug-likeness (QED) is 0.821. The summed E-state index contributed by atoms with van der Waals surface area (Å²) < 4.78 is 0. The van der Waals surface area contributed by atoms with E-state index < -0.39 is 0 Å². The number of allylic oxidation sites excluding steroid dienone is 1. The molecule has 1 nitrogen and oxygen atoms in total. The van der Waals surface area contributed by atoms with Crippen LogP contribution in [0.3, 0.4) is 0 Å². The van der Waals surface area contributed by atoms with Gasteiger partial charge >= 0.3 is 0 Å². The highest BCUT2D eigenvalue weighted by atomic mass is 14.6. The molecule has 0 bridgehead atoms. The lowest BCUT2D eigenvalue weighted by Gasteiger charge is -2.29. The molecule has 0 aliphatic heterocycles. The number of benzene rings is 1. The normalized spacial score (nSPS) is 15.4. The first-order chi connectivity index (χ1) is 8.00. The van der Waals surface area contributed by atoms with Crippen LogP contribution in [0.5, 0.6) is 0 Å². The van der Waals surface area contributed by atoms with Crippen molar-refractivity contribution in [2.24, 2.45) is 5.73 Å². The fraction of sp³-hybridized carbons (Fsp3) is 0.375. The van der Waals surface area contributed by atoms with Gasteiger partial charge in [-0.1, -0.05) is 31.2 Å². The molecule has 1 fully saturated rings. The molecular weight excluding hydrogens is 206 g/mol. The molecule has 1 aromatic carbocycles. The Hall–Kier alpha value is -1.50. The Labute approximate surface area is 104 Å². The summed E-state index contributed by atoms with van der Waals surface area (Å²) >= 11 is 0. The maximum absolute atomic E-state index is 5.93. The van der Waals surface area contributed by atoms with Crippen molar-refractivity contribution in [1.82, 2.24) is 0 Å². The van der Waals surface area contributed by atoms with Crippen molar-refractivity contribution in [2.45, 2.75) is 39.0 Å². The Morgan fingerprint density at radius 2 is 1.88 bits per heavy atom. The fourth-order valence-corrected chi connectivity index (χ4v) is 2.53. The minimum Gasteiger partial charge on any atom is -0.399 e. The predicted molar refractivity (Wildman–Crippen MR) is 75.7 cm³/mol. The number of hydrogen-bond donors (Lipinski definition) is 1. The first kappa shape index (κ1) is 12.0. The second-order valence-electron chi connectivity index (χ2n) is 5.19. The van der Waals surface area contributed by atoms with E-state index >= 15 is 0 Å². The lowest BCUT2D eigenvalue weighted by molar-refractivity contribution is 0.419. The highest BCUT2D eigenvalue weighted by Gasteiger charge is 2.23. The molecule has 0 saturated heterocycles. The zero-order chi connectivity index (χ0) is 12.6. The van der Waals surface area contributed by atoms with Gasteiger partial charge in [0, 0.05) is 11.3 Å². The first-order valence-electron chi connectivity index (χ1n) is 6.26. The van der Waals surface area contributed by atoms with Crippen LogP contribution in [0.2, 0.25) is 0 Å². The van der Waals surface area contributed by atoms with Gasteiger partial charge in [0.2, 0.25) is 0 Å². The minimum absolute atomic E-state index is 0.675. The van der Waals surface area contributed by atoms with Crippen LogP contribution >= 0.6 is 0 Å². The molecular formula is C16H21N. The zero-order valence-electron chi connectivity index (χ0n) is 10.8. The summed E-state index contributed by atoms with van der Waals surface area (Å²) in [7, 11) is 0. The highest BCUT2D eigenvalue weighted by Crippen LogP contribution is 2.40. The predicted octanol–water partition coefficient (Wildman–Crippen LogP) is 4.23. The maximum atomic E-state index is 5.93. The molecule has 1 aliphatic rings. The van der Waals surface area contributed by atoms with E-state index in [0.717, 1.165) is 11.1 Å². The molecule has 0 spiro atoms. The van der Waals surface area contributed by atoms with Crippen molar-refractivity contribution in [3.8, 4) is 0 Å². The Bertz CT molecular complexity index is 479. The van der Waals surface area contributed by atoms with E-state index in [1.807, 2.05) is 6.92 Å². The van der Waals surface area contributed by atoms with E-state index in [1.54, 1.807) is 0 Å². The Morgan fingerprint density at radius 1 is 1.24 bits per heavy atom. The Balaban J connectivity index is 2.54. The van der Waals surface area contributed by atoms with Gasteiger partial charge < -0.3 is 5.73 Å². The van der Waals surface area contributed by atoms with Crippen LogP contribution in [0.15, 0.2) is 25.3 Å². The number of aryl methyl sites for hydroxylation is 1. The summed E-state index contributed by atoms with van der Waals surface area (Å²) in [6, 6.07) is 4.44. The topological polar surface area (TPSA) is 26.0 Å². The molecule has 1 heteroatoms. The Morgan fingerprint density at radius 3 is 2.29 bits per heavy atom.